The van der Waals surface area contributed by atoms with E-state index >= 15 is 0 Å². The van der Waals surface area contributed by atoms with Crippen molar-refractivity contribution in [2.45, 2.75) is 38.4 Å². The number of fused-ring (bicyclic) bond motifs is 1. The van der Waals surface area contributed by atoms with Gasteiger partial charge in [0.05, 0.1) is 0 Å². The number of nitrogen functional groups attached to an aromatic ring is 1. The molecule has 1 fully saturated rings. The van der Waals surface area contributed by atoms with Crippen LogP contribution in [-0.4, -0.2) is 40.2 Å². The Labute approximate surface area is 192 Å². The summed E-state index contributed by atoms with van der Waals surface area (Å²) in [6.45, 7) is 2.19. The number of carbonyl (C=O) groups is 3. The van der Waals surface area contributed by atoms with Crippen LogP contribution in [0, 0.1) is 0 Å². The molecule has 3 amide bonds. The van der Waals surface area contributed by atoms with E-state index in [9.17, 15) is 14.4 Å². The largest absolute Gasteiger partial charge is 0.383 e. The summed E-state index contributed by atoms with van der Waals surface area (Å²) in [5, 5.41) is 7.51. The third kappa shape index (κ3) is 4.95. The zero-order valence-electron chi connectivity index (χ0n) is 18.5. The molecule has 0 aliphatic carbocycles. The highest BCUT2D eigenvalue weighted by molar-refractivity contribution is 5.93. The second-order valence-electron chi connectivity index (χ2n) is 8.20. The molecule has 2 atom stereocenters. The zero-order chi connectivity index (χ0) is 23.4. The number of aromatic nitrogens is 1. The molecule has 0 radical (unpaired) electrons. The lowest BCUT2D eigenvalue weighted by atomic mass is 10.0. The topological polar surface area (TPSA) is 117 Å². The maximum atomic E-state index is 13.4. The van der Waals surface area contributed by atoms with Gasteiger partial charge in [0.25, 0.3) is 0 Å². The predicted molar refractivity (Wildman–Crippen MR) is 126 cm³/mol. The van der Waals surface area contributed by atoms with Gasteiger partial charge in [-0.15, -0.1) is 0 Å². The van der Waals surface area contributed by atoms with E-state index in [2.05, 4.69) is 15.6 Å². The number of likely N-dealkylation sites (tertiary alicyclic amines) is 1. The van der Waals surface area contributed by atoms with Gasteiger partial charge >= 0.3 is 0 Å². The first-order valence-electron chi connectivity index (χ1n) is 11.0. The molecular weight excluding hydrogens is 418 g/mol. The quantitative estimate of drug-likeness (QED) is 0.538. The van der Waals surface area contributed by atoms with Gasteiger partial charge in [-0.1, -0.05) is 42.5 Å². The fraction of sp³-hybridized carbons (Fsp3) is 0.280. The number of nitrogens with zero attached hydrogens (tertiary/aromatic N) is 2. The molecule has 8 nitrogen and oxygen atoms in total. The molecule has 2 aromatic carbocycles. The molecule has 33 heavy (non-hydrogen) atoms. The average molecular weight is 446 g/mol. The van der Waals surface area contributed by atoms with Gasteiger partial charge in [-0.3, -0.25) is 14.4 Å². The predicted octanol–water partition coefficient (Wildman–Crippen LogP) is 2.30. The highest BCUT2D eigenvalue weighted by Crippen LogP contribution is 2.24. The van der Waals surface area contributed by atoms with Crippen LogP contribution in [-0.2, 0) is 20.9 Å². The van der Waals surface area contributed by atoms with Crippen molar-refractivity contribution in [3.05, 3.63) is 71.9 Å². The van der Waals surface area contributed by atoms with Gasteiger partial charge < -0.3 is 21.3 Å². The van der Waals surface area contributed by atoms with Crippen LogP contribution in [0.15, 0.2) is 60.8 Å². The Bertz CT molecular complexity index is 1180. The second-order valence-corrected chi connectivity index (χ2v) is 8.20. The fourth-order valence-corrected chi connectivity index (χ4v) is 4.27. The molecule has 1 aromatic heterocycles. The standard InChI is InChI=1S/C25H27N5O3/c1-16(31)29-22(18-6-3-2-4-7-18)25(33)30-13-5-8-21(30)24(32)28-15-17-9-10-20-19(14-17)11-12-27-23(20)26/h2-4,6-7,9-12,14,21-22H,5,8,13,15H2,1H3,(H2,26,27)(H,28,32)(H,29,31)/t21-,22+/m0/s1. The molecule has 4 rings (SSSR count). The number of amides is 3. The minimum atomic E-state index is -0.823. The lowest BCUT2D eigenvalue weighted by Gasteiger charge is -2.28. The molecule has 0 spiro atoms. The van der Waals surface area contributed by atoms with Crippen LogP contribution in [0.2, 0.25) is 0 Å². The number of rotatable bonds is 6. The van der Waals surface area contributed by atoms with Gasteiger partial charge in [-0.2, -0.15) is 0 Å². The molecule has 8 heteroatoms. The lowest BCUT2D eigenvalue weighted by Crippen LogP contribution is -2.49. The molecule has 0 saturated carbocycles. The zero-order valence-corrected chi connectivity index (χ0v) is 18.5. The summed E-state index contributed by atoms with van der Waals surface area (Å²) in [5.41, 5.74) is 7.52. The van der Waals surface area contributed by atoms with Crippen molar-refractivity contribution < 1.29 is 14.4 Å². The summed E-state index contributed by atoms with van der Waals surface area (Å²) < 4.78 is 0. The minimum absolute atomic E-state index is 0.204. The van der Waals surface area contributed by atoms with Crippen LogP contribution in [0.4, 0.5) is 5.82 Å². The van der Waals surface area contributed by atoms with E-state index in [1.807, 2.05) is 42.5 Å². The van der Waals surface area contributed by atoms with Gasteiger partial charge in [0, 0.05) is 31.6 Å². The van der Waals surface area contributed by atoms with Gasteiger partial charge in [0.2, 0.25) is 17.7 Å². The lowest BCUT2D eigenvalue weighted by molar-refractivity contribution is -0.141. The molecule has 1 saturated heterocycles. The number of pyridine rings is 1. The number of benzene rings is 2. The monoisotopic (exact) mass is 445 g/mol. The molecule has 4 N–H and O–H groups in total. The summed E-state index contributed by atoms with van der Waals surface area (Å²) in [6, 6.07) is 15.3. The first-order chi connectivity index (χ1) is 15.9. The SMILES string of the molecule is CC(=O)N[C@@H](C(=O)N1CCC[C@H]1C(=O)NCc1ccc2c(N)nccc2c1)c1ccccc1. The highest BCUT2D eigenvalue weighted by Gasteiger charge is 2.37. The first kappa shape index (κ1) is 22.3. The molecular formula is C25H27N5O3. The van der Waals surface area contributed by atoms with E-state index in [1.54, 1.807) is 23.2 Å². The molecule has 0 unspecified atom stereocenters. The average Bonchev–Trinajstić information content (AvgIpc) is 3.31. The van der Waals surface area contributed by atoms with Crippen LogP contribution >= 0.6 is 0 Å². The summed E-state index contributed by atoms with van der Waals surface area (Å²) in [7, 11) is 0. The second kappa shape index (κ2) is 9.68. The third-order valence-electron chi connectivity index (χ3n) is 5.89. The Kier molecular flexibility index (Phi) is 6.53. The van der Waals surface area contributed by atoms with Crippen LogP contribution in [0.25, 0.3) is 10.8 Å². The van der Waals surface area contributed by atoms with Crippen LogP contribution in [0.5, 0.6) is 0 Å². The molecule has 1 aliphatic heterocycles. The summed E-state index contributed by atoms with van der Waals surface area (Å²) in [6.07, 6.45) is 2.97. The third-order valence-corrected chi connectivity index (χ3v) is 5.89. The van der Waals surface area contributed by atoms with E-state index in [1.165, 1.54) is 6.92 Å². The van der Waals surface area contributed by atoms with Crippen LogP contribution in [0.3, 0.4) is 0 Å². The van der Waals surface area contributed by atoms with Gasteiger partial charge in [-0.25, -0.2) is 4.98 Å². The van der Waals surface area contributed by atoms with Crippen molar-refractivity contribution in [1.29, 1.82) is 0 Å². The van der Waals surface area contributed by atoms with Crippen molar-refractivity contribution in [3.63, 3.8) is 0 Å². The molecule has 1 aliphatic rings. The first-order valence-corrected chi connectivity index (χ1v) is 11.0. The summed E-state index contributed by atoms with van der Waals surface area (Å²) in [5.74, 6) is -0.313. The number of nitrogens with one attached hydrogen (secondary N) is 2. The van der Waals surface area contributed by atoms with E-state index in [-0.39, 0.29) is 17.7 Å². The van der Waals surface area contributed by atoms with Gasteiger partial charge in [0.1, 0.15) is 17.9 Å². The molecule has 2 heterocycles. The van der Waals surface area contributed by atoms with E-state index < -0.39 is 12.1 Å². The Hall–Kier alpha value is -3.94. The van der Waals surface area contributed by atoms with Crippen molar-refractivity contribution in [2.75, 3.05) is 12.3 Å². The van der Waals surface area contributed by atoms with Crippen molar-refractivity contribution in [1.82, 2.24) is 20.5 Å². The molecule has 0 bridgehead atoms. The van der Waals surface area contributed by atoms with E-state index in [0.29, 0.717) is 30.9 Å². The van der Waals surface area contributed by atoms with Gasteiger partial charge in [-0.05, 0) is 41.5 Å². The number of hydrogen-bond acceptors (Lipinski definition) is 5. The maximum Gasteiger partial charge on any atom is 0.250 e. The van der Waals surface area contributed by atoms with E-state index in [0.717, 1.165) is 22.8 Å². The van der Waals surface area contributed by atoms with Crippen LogP contribution < -0.4 is 16.4 Å². The normalized spacial score (nSPS) is 16.4. The summed E-state index contributed by atoms with van der Waals surface area (Å²) in [4.78, 5) is 43.8. The Morgan fingerprint density at radius 1 is 1.15 bits per heavy atom. The number of nitrogens with two attached hydrogens (primary N) is 1. The molecule has 3 aromatic rings. The number of hydrogen-bond donors (Lipinski definition) is 3. The fourth-order valence-electron chi connectivity index (χ4n) is 4.27. The summed E-state index contributed by atoms with van der Waals surface area (Å²) >= 11 is 0. The van der Waals surface area contributed by atoms with Gasteiger partial charge in [0.15, 0.2) is 0 Å². The molecule has 170 valence electrons. The smallest absolute Gasteiger partial charge is 0.250 e. The maximum absolute atomic E-state index is 13.4. The van der Waals surface area contributed by atoms with E-state index in [4.69, 9.17) is 5.73 Å². The van der Waals surface area contributed by atoms with Crippen molar-refractivity contribution >= 4 is 34.3 Å². The van der Waals surface area contributed by atoms with Crippen molar-refractivity contribution in [3.8, 4) is 0 Å². The Balaban J connectivity index is 1.46. The number of anilines is 1. The highest BCUT2D eigenvalue weighted by atomic mass is 16.2. The Morgan fingerprint density at radius 3 is 2.70 bits per heavy atom. The minimum Gasteiger partial charge on any atom is -0.383 e. The number of carbonyl (C=O) groups excluding carboxylic acids is 3. The van der Waals surface area contributed by atoms with Crippen molar-refractivity contribution in [2.24, 2.45) is 0 Å². The van der Waals surface area contributed by atoms with Crippen LogP contribution in [0.1, 0.15) is 36.9 Å². The Morgan fingerprint density at radius 2 is 1.94 bits per heavy atom.